The topological polar surface area (TPSA) is 38.3 Å². The van der Waals surface area contributed by atoms with Crippen LogP contribution in [-0.2, 0) is 4.79 Å². The molecular weight excluding hydrogens is 238 g/mol. The van der Waals surface area contributed by atoms with Gasteiger partial charge in [0, 0.05) is 5.92 Å². The summed E-state index contributed by atoms with van der Waals surface area (Å²) in [6, 6.07) is 7.59. The van der Waals surface area contributed by atoms with Gasteiger partial charge in [0.25, 0.3) is 0 Å². The van der Waals surface area contributed by atoms with E-state index in [4.69, 9.17) is 4.74 Å². The van der Waals surface area contributed by atoms with Gasteiger partial charge in [-0.2, -0.15) is 0 Å². The first-order chi connectivity index (χ1) is 9.22. The van der Waals surface area contributed by atoms with Gasteiger partial charge in [0.2, 0.25) is 5.91 Å². The van der Waals surface area contributed by atoms with E-state index < -0.39 is 0 Å². The molecule has 0 fully saturated rings. The number of rotatable bonds is 8. The molecule has 0 unspecified atom stereocenters. The molecule has 0 spiro atoms. The molecule has 1 aromatic carbocycles. The molecule has 0 saturated carbocycles. The Kier molecular flexibility index (Phi) is 7.01. The molecule has 3 heteroatoms. The summed E-state index contributed by atoms with van der Waals surface area (Å²) in [6.45, 7) is 6.75. The second-order valence-electron chi connectivity index (χ2n) is 4.67. The zero-order chi connectivity index (χ0) is 14.1. The highest BCUT2D eigenvalue weighted by atomic mass is 16.5. The van der Waals surface area contributed by atoms with Crippen LogP contribution in [0.3, 0.4) is 0 Å². The quantitative estimate of drug-likeness (QED) is 0.761. The third-order valence-corrected chi connectivity index (χ3v) is 3.21. The molecular formula is C16H25NO2. The van der Waals surface area contributed by atoms with Crippen LogP contribution in [0.25, 0.3) is 0 Å². The molecule has 1 aromatic rings. The van der Waals surface area contributed by atoms with E-state index >= 15 is 0 Å². The van der Waals surface area contributed by atoms with Gasteiger partial charge in [0.15, 0.2) is 0 Å². The van der Waals surface area contributed by atoms with Crippen LogP contribution in [0.15, 0.2) is 24.3 Å². The first-order valence-corrected chi connectivity index (χ1v) is 7.25. The normalized spacial score (nSPS) is 11.9. The summed E-state index contributed by atoms with van der Waals surface area (Å²) in [5, 5.41) is 2.99. The molecule has 3 nitrogen and oxygen atoms in total. The number of anilines is 1. The third-order valence-electron chi connectivity index (χ3n) is 3.21. The van der Waals surface area contributed by atoms with Crippen LogP contribution in [0.2, 0.25) is 0 Å². The fraction of sp³-hybridized carbons (Fsp3) is 0.562. The zero-order valence-corrected chi connectivity index (χ0v) is 12.2. The number of hydrogen-bond acceptors (Lipinski definition) is 2. The second-order valence-corrected chi connectivity index (χ2v) is 4.67. The third kappa shape index (κ3) is 4.93. The van der Waals surface area contributed by atoms with Gasteiger partial charge in [-0.3, -0.25) is 4.79 Å². The lowest BCUT2D eigenvalue weighted by molar-refractivity contribution is -0.120. The Hall–Kier alpha value is -1.51. The molecule has 0 bridgehead atoms. The molecule has 106 valence electrons. The monoisotopic (exact) mass is 263 g/mol. The van der Waals surface area contributed by atoms with Crippen molar-refractivity contribution in [2.45, 2.75) is 46.5 Å². The van der Waals surface area contributed by atoms with Crippen LogP contribution in [-0.4, -0.2) is 12.5 Å². The van der Waals surface area contributed by atoms with Gasteiger partial charge in [-0.1, -0.05) is 38.8 Å². The number of carbonyl (C=O) groups is 1. The molecule has 0 aromatic heterocycles. The summed E-state index contributed by atoms with van der Waals surface area (Å²) >= 11 is 0. The Bertz CT molecular complexity index is 390. The van der Waals surface area contributed by atoms with Crippen molar-refractivity contribution in [3.63, 3.8) is 0 Å². The van der Waals surface area contributed by atoms with Crippen molar-refractivity contribution in [1.29, 1.82) is 0 Å². The molecule has 0 saturated heterocycles. The minimum atomic E-state index is 0.0923. The van der Waals surface area contributed by atoms with Crippen molar-refractivity contribution in [3.8, 4) is 5.75 Å². The molecule has 1 rings (SSSR count). The van der Waals surface area contributed by atoms with Gasteiger partial charge >= 0.3 is 0 Å². The van der Waals surface area contributed by atoms with Gasteiger partial charge < -0.3 is 10.1 Å². The van der Waals surface area contributed by atoms with Gasteiger partial charge in [0.1, 0.15) is 5.75 Å². The van der Waals surface area contributed by atoms with Gasteiger partial charge in [-0.05, 0) is 31.9 Å². The van der Waals surface area contributed by atoms with Gasteiger partial charge in [-0.15, -0.1) is 0 Å². The number of amides is 1. The smallest absolute Gasteiger partial charge is 0.227 e. The number of carbonyl (C=O) groups excluding carboxylic acids is 1. The maximum Gasteiger partial charge on any atom is 0.227 e. The van der Waals surface area contributed by atoms with E-state index in [2.05, 4.69) is 19.2 Å². The maximum atomic E-state index is 12.2. The summed E-state index contributed by atoms with van der Waals surface area (Å²) in [6.07, 6.45) is 4.05. The number of ether oxygens (including phenoxy) is 1. The largest absolute Gasteiger partial charge is 0.492 e. The Morgan fingerprint density at radius 3 is 2.63 bits per heavy atom. The van der Waals surface area contributed by atoms with E-state index in [9.17, 15) is 4.79 Å². The SMILES string of the molecule is CCCC[C@H](CC)C(=O)Nc1ccccc1OCC. The van der Waals surface area contributed by atoms with Crippen molar-refractivity contribution in [2.75, 3.05) is 11.9 Å². The average molecular weight is 263 g/mol. The zero-order valence-electron chi connectivity index (χ0n) is 12.2. The molecule has 1 amide bonds. The lowest BCUT2D eigenvalue weighted by Gasteiger charge is -2.16. The van der Waals surface area contributed by atoms with Crippen molar-refractivity contribution in [1.82, 2.24) is 0 Å². The maximum absolute atomic E-state index is 12.2. The van der Waals surface area contributed by atoms with Crippen molar-refractivity contribution >= 4 is 11.6 Å². The van der Waals surface area contributed by atoms with Gasteiger partial charge in [-0.25, -0.2) is 0 Å². The van der Waals surface area contributed by atoms with E-state index in [1.807, 2.05) is 31.2 Å². The fourth-order valence-electron chi connectivity index (χ4n) is 2.06. The Morgan fingerprint density at radius 2 is 2.00 bits per heavy atom. The van der Waals surface area contributed by atoms with E-state index in [0.717, 1.165) is 37.1 Å². The van der Waals surface area contributed by atoms with Crippen LogP contribution < -0.4 is 10.1 Å². The lowest BCUT2D eigenvalue weighted by atomic mass is 9.98. The van der Waals surface area contributed by atoms with Crippen LogP contribution in [0.1, 0.15) is 46.5 Å². The molecule has 0 aliphatic heterocycles. The number of benzene rings is 1. The highest BCUT2D eigenvalue weighted by Gasteiger charge is 2.17. The molecule has 0 radical (unpaired) electrons. The van der Waals surface area contributed by atoms with Crippen LogP contribution >= 0.6 is 0 Å². The summed E-state index contributed by atoms with van der Waals surface area (Å²) in [5.41, 5.74) is 0.768. The summed E-state index contributed by atoms with van der Waals surface area (Å²) in [5.74, 6) is 0.932. The minimum Gasteiger partial charge on any atom is -0.492 e. The number of hydrogen-bond donors (Lipinski definition) is 1. The highest BCUT2D eigenvalue weighted by molar-refractivity contribution is 5.93. The molecule has 0 aliphatic carbocycles. The van der Waals surface area contributed by atoms with Crippen molar-refractivity contribution < 1.29 is 9.53 Å². The summed E-state index contributed by atoms with van der Waals surface area (Å²) in [7, 11) is 0. The highest BCUT2D eigenvalue weighted by Crippen LogP contribution is 2.25. The van der Waals surface area contributed by atoms with E-state index in [1.165, 1.54) is 0 Å². The standard InChI is InChI=1S/C16H25NO2/c1-4-7-10-13(5-2)16(18)17-14-11-8-9-12-15(14)19-6-3/h8-9,11-13H,4-7,10H2,1-3H3,(H,17,18)/t13-/m0/s1. The number of unbranched alkanes of at least 4 members (excludes halogenated alkanes) is 1. The van der Waals surface area contributed by atoms with E-state index in [0.29, 0.717) is 6.61 Å². The minimum absolute atomic E-state index is 0.0923. The Morgan fingerprint density at radius 1 is 1.26 bits per heavy atom. The lowest BCUT2D eigenvalue weighted by Crippen LogP contribution is -2.22. The molecule has 1 N–H and O–H groups in total. The predicted molar refractivity (Wildman–Crippen MR) is 79.5 cm³/mol. The molecule has 1 atom stereocenters. The molecule has 19 heavy (non-hydrogen) atoms. The van der Waals surface area contributed by atoms with Crippen LogP contribution in [0, 0.1) is 5.92 Å². The van der Waals surface area contributed by atoms with Crippen molar-refractivity contribution in [3.05, 3.63) is 24.3 Å². The summed E-state index contributed by atoms with van der Waals surface area (Å²) in [4.78, 5) is 12.2. The fourth-order valence-corrected chi connectivity index (χ4v) is 2.06. The average Bonchev–Trinajstić information content (AvgIpc) is 2.42. The van der Waals surface area contributed by atoms with E-state index in [-0.39, 0.29) is 11.8 Å². The number of nitrogens with one attached hydrogen (secondary N) is 1. The second kappa shape index (κ2) is 8.57. The van der Waals surface area contributed by atoms with Gasteiger partial charge in [0.05, 0.1) is 12.3 Å². The van der Waals surface area contributed by atoms with Crippen LogP contribution in [0.4, 0.5) is 5.69 Å². The van der Waals surface area contributed by atoms with Crippen molar-refractivity contribution in [2.24, 2.45) is 5.92 Å². The van der Waals surface area contributed by atoms with Crippen LogP contribution in [0.5, 0.6) is 5.75 Å². The number of para-hydroxylation sites is 2. The predicted octanol–water partition coefficient (Wildman–Crippen LogP) is 4.24. The first-order valence-electron chi connectivity index (χ1n) is 7.25. The Labute approximate surface area is 116 Å². The molecule has 0 aliphatic rings. The summed E-state index contributed by atoms with van der Waals surface area (Å²) < 4.78 is 5.52. The molecule has 0 heterocycles. The van der Waals surface area contributed by atoms with E-state index in [1.54, 1.807) is 0 Å². The first kappa shape index (κ1) is 15.5. The Balaban J connectivity index is 2.69.